The third kappa shape index (κ3) is 4.07. The fourth-order valence-electron chi connectivity index (χ4n) is 2.23. The Bertz CT molecular complexity index is 723. The smallest absolute Gasteiger partial charge is 0.269 e. The number of benzene rings is 2. The van der Waals surface area contributed by atoms with Gasteiger partial charge in [0.1, 0.15) is 6.61 Å². The Labute approximate surface area is 138 Å². The highest BCUT2D eigenvalue weighted by Gasteiger charge is 2.29. The molecule has 5 nitrogen and oxygen atoms in total. The maximum absolute atomic E-state index is 10.6. The molecule has 0 amide bonds. The first kappa shape index (κ1) is 15.5. The van der Waals surface area contributed by atoms with Crippen molar-refractivity contribution in [3.63, 3.8) is 0 Å². The van der Waals surface area contributed by atoms with Gasteiger partial charge in [0, 0.05) is 23.1 Å². The average Bonchev–Trinajstić information content (AvgIpc) is 3.38. The largest absolute Gasteiger partial charge is 0.391 e. The van der Waals surface area contributed by atoms with Crippen LogP contribution in [-0.4, -0.2) is 10.6 Å². The molecular weight excluding hydrogens is 316 g/mol. The zero-order chi connectivity index (χ0) is 16.2. The Balaban J connectivity index is 1.67. The van der Waals surface area contributed by atoms with Gasteiger partial charge in [-0.2, -0.15) is 0 Å². The Morgan fingerprint density at radius 1 is 1.17 bits per heavy atom. The summed E-state index contributed by atoms with van der Waals surface area (Å²) in [5, 5.41) is 15.6. The first-order chi connectivity index (χ1) is 11.1. The zero-order valence-corrected chi connectivity index (χ0v) is 13.1. The highest BCUT2D eigenvalue weighted by molar-refractivity contribution is 6.30. The minimum atomic E-state index is -0.422. The predicted octanol–water partition coefficient (Wildman–Crippen LogP) is 4.58. The average molecular weight is 331 g/mol. The molecule has 0 spiro atoms. The van der Waals surface area contributed by atoms with Crippen molar-refractivity contribution in [1.29, 1.82) is 0 Å². The molecule has 6 heteroatoms. The molecule has 1 fully saturated rings. The number of non-ortho nitro benzene ring substituents is 1. The van der Waals surface area contributed by atoms with E-state index in [1.54, 1.807) is 12.1 Å². The minimum absolute atomic E-state index is 0.0667. The molecule has 118 valence electrons. The molecule has 0 radical (unpaired) electrons. The van der Waals surface area contributed by atoms with E-state index < -0.39 is 4.92 Å². The van der Waals surface area contributed by atoms with Crippen LogP contribution in [0.3, 0.4) is 0 Å². The van der Waals surface area contributed by atoms with Gasteiger partial charge in [-0.3, -0.25) is 10.1 Å². The molecule has 0 aromatic heterocycles. The van der Waals surface area contributed by atoms with Gasteiger partial charge in [-0.05, 0) is 48.2 Å². The number of rotatable bonds is 6. The van der Waals surface area contributed by atoms with E-state index in [9.17, 15) is 10.1 Å². The van der Waals surface area contributed by atoms with Crippen LogP contribution in [0.5, 0.6) is 0 Å². The van der Waals surface area contributed by atoms with Crippen LogP contribution < -0.4 is 0 Å². The van der Waals surface area contributed by atoms with Crippen molar-refractivity contribution >= 4 is 23.0 Å². The first-order valence-corrected chi connectivity index (χ1v) is 7.70. The van der Waals surface area contributed by atoms with Crippen LogP contribution >= 0.6 is 11.6 Å². The molecule has 0 saturated heterocycles. The molecule has 0 heterocycles. The number of oxime groups is 1. The molecule has 0 bridgehead atoms. The second-order valence-electron chi connectivity index (χ2n) is 5.45. The van der Waals surface area contributed by atoms with E-state index in [2.05, 4.69) is 5.16 Å². The second kappa shape index (κ2) is 6.79. The maximum atomic E-state index is 10.6. The Kier molecular flexibility index (Phi) is 4.57. The van der Waals surface area contributed by atoms with Crippen LogP contribution in [0.15, 0.2) is 53.7 Å². The summed E-state index contributed by atoms with van der Waals surface area (Å²) in [4.78, 5) is 15.7. The van der Waals surface area contributed by atoms with E-state index in [0.29, 0.717) is 10.9 Å². The van der Waals surface area contributed by atoms with Crippen molar-refractivity contribution in [2.45, 2.75) is 19.4 Å². The van der Waals surface area contributed by atoms with Gasteiger partial charge in [0.25, 0.3) is 5.69 Å². The van der Waals surface area contributed by atoms with Crippen molar-refractivity contribution in [3.05, 3.63) is 74.8 Å². The fourth-order valence-corrected chi connectivity index (χ4v) is 2.36. The van der Waals surface area contributed by atoms with Gasteiger partial charge in [-0.15, -0.1) is 0 Å². The number of hydrogen-bond acceptors (Lipinski definition) is 4. The molecule has 1 aliphatic rings. The van der Waals surface area contributed by atoms with Crippen LogP contribution in [0.25, 0.3) is 0 Å². The summed E-state index contributed by atoms with van der Waals surface area (Å²) >= 11 is 5.91. The van der Waals surface area contributed by atoms with Gasteiger partial charge < -0.3 is 4.84 Å². The van der Waals surface area contributed by atoms with Gasteiger partial charge in [-0.25, -0.2) is 0 Å². The number of nitro benzene ring substituents is 1. The van der Waals surface area contributed by atoms with Crippen molar-refractivity contribution in [2.24, 2.45) is 11.1 Å². The molecule has 0 N–H and O–H groups in total. The lowest BCUT2D eigenvalue weighted by Crippen LogP contribution is -2.04. The third-order valence-corrected chi connectivity index (χ3v) is 3.90. The number of hydrogen-bond donors (Lipinski definition) is 0. The number of halogens is 1. The highest BCUT2D eigenvalue weighted by Crippen LogP contribution is 2.33. The fraction of sp³-hybridized carbons (Fsp3) is 0.235. The maximum Gasteiger partial charge on any atom is 0.269 e. The number of nitro groups is 1. The molecule has 1 saturated carbocycles. The summed E-state index contributed by atoms with van der Waals surface area (Å²) < 4.78 is 0. The van der Waals surface area contributed by atoms with E-state index in [1.807, 2.05) is 24.3 Å². The molecule has 0 atom stereocenters. The van der Waals surface area contributed by atoms with Crippen molar-refractivity contribution < 1.29 is 9.76 Å². The topological polar surface area (TPSA) is 64.7 Å². The Morgan fingerprint density at radius 3 is 2.39 bits per heavy atom. The first-order valence-electron chi connectivity index (χ1n) is 7.32. The SMILES string of the molecule is O=[N+]([O-])c1ccc(CON=C(c2ccc(Cl)cc2)C2CC2)cc1. The van der Waals surface area contributed by atoms with E-state index in [-0.39, 0.29) is 12.3 Å². The van der Waals surface area contributed by atoms with Gasteiger partial charge in [0.05, 0.1) is 10.6 Å². The van der Waals surface area contributed by atoms with Crippen LogP contribution in [0, 0.1) is 16.0 Å². The third-order valence-electron chi connectivity index (χ3n) is 3.65. The van der Waals surface area contributed by atoms with Crippen LogP contribution in [0.1, 0.15) is 24.0 Å². The molecule has 23 heavy (non-hydrogen) atoms. The molecule has 1 aliphatic carbocycles. The predicted molar refractivity (Wildman–Crippen MR) is 88.6 cm³/mol. The molecule has 0 unspecified atom stereocenters. The van der Waals surface area contributed by atoms with E-state index in [1.165, 1.54) is 12.1 Å². The zero-order valence-electron chi connectivity index (χ0n) is 12.3. The summed E-state index contributed by atoms with van der Waals surface area (Å²) in [7, 11) is 0. The van der Waals surface area contributed by atoms with Gasteiger partial charge in [0.2, 0.25) is 0 Å². The van der Waals surface area contributed by atoms with E-state index in [0.717, 1.165) is 29.7 Å². The summed E-state index contributed by atoms with van der Waals surface area (Å²) in [5.74, 6) is 0.438. The quantitative estimate of drug-likeness (QED) is 0.442. The standard InChI is InChI=1S/C17H15ClN2O3/c18-15-7-5-14(6-8-15)17(13-3-4-13)19-23-11-12-1-9-16(10-2-12)20(21)22/h1-2,5-10,13H,3-4,11H2. The van der Waals surface area contributed by atoms with Crippen molar-refractivity contribution in [2.75, 3.05) is 0 Å². The van der Waals surface area contributed by atoms with E-state index in [4.69, 9.17) is 16.4 Å². The number of nitrogens with zero attached hydrogens (tertiary/aromatic N) is 2. The lowest BCUT2D eigenvalue weighted by atomic mass is 10.1. The molecule has 2 aromatic rings. The minimum Gasteiger partial charge on any atom is -0.391 e. The van der Waals surface area contributed by atoms with Crippen LogP contribution in [0.2, 0.25) is 5.02 Å². The van der Waals surface area contributed by atoms with Crippen LogP contribution in [-0.2, 0) is 11.4 Å². The highest BCUT2D eigenvalue weighted by atomic mass is 35.5. The molecule has 0 aliphatic heterocycles. The van der Waals surface area contributed by atoms with Gasteiger partial charge in [-0.1, -0.05) is 28.9 Å². The normalized spacial score (nSPS) is 14.6. The second-order valence-corrected chi connectivity index (χ2v) is 5.89. The Morgan fingerprint density at radius 2 is 1.83 bits per heavy atom. The monoisotopic (exact) mass is 330 g/mol. The van der Waals surface area contributed by atoms with Crippen molar-refractivity contribution in [1.82, 2.24) is 0 Å². The Hall–Kier alpha value is -2.40. The molecule has 3 rings (SSSR count). The summed E-state index contributed by atoms with van der Waals surface area (Å²) in [6.07, 6.45) is 2.23. The van der Waals surface area contributed by atoms with Gasteiger partial charge >= 0.3 is 0 Å². The van der Waals surface area contributed by atoms with Gasteiger partial charge in [0.15, 0.2) is 0 Å². The molecule has 2 aromatic carbocycles. The lowest BCUT2D eigenvalue weighted by molar-refractivity contribution is -0.384. The molecular formula is C17H15ClN2O3. The van der Waals surface area contributed by atoms with E-state index >= 15 is 0 Å². The summed E-state index contributed by atoms with van der Waals surface area (Å²) in [6, 6.07) is 13.8. The lowest BCUT2D eigenvalue weighted by Gasteiger charge is -2.06. The van der Waals surface area contributed by atoms with Crippen molar-refractivity contribution in [3.8, 4) is 0 Å². The van der Waals surface area contributed by atoms with Crippen LogP contribution in [0.4, 0.5) is 5.69 Å². The summed E-state index contributed by atoms with van der Waals surface area (Å²) in [5.41, 5.74) is 2.85. The summed E-state index contributed by atoms with van der Waals surface area (Å²) in [6.45, 7) is 0.280.